The Hall–Kier alpha value is -0.0900. The molecule has 0 saturated carbocycles. The summed E-state index contributed by atoms with van der Waals surface area (Å²) in [6, 6.07) is 0. The molecule has 3 nitrogen and oxygen atoms in total. The number of rotatable bonds is 6. The van der Waals surface area contributed by atoms with Crippen molar-refractivity contribution in [2.45, 2.75) is 51.8 Å². The zero-order chi connectivity index (χ0) is 11.4. The van der Waals surface area contributed by atoms with E-state index < -0.39 is 9.84 Å². The number of hydrogen-bond donors (Lipinski definition) is 1. The zero-order valence-corrected chi connectivity index (χ0v) is 10.7. The van der Waals surface area contributed by atoms with E-state index in [4.69, 9.17) is 0 Å². The first-order valence-corrected chi connectivity index (χ1v) is 6.89. The van der Waals surface area contributed by atoms with Crippen molar-refractivity contribution < 1.29 is 8.42 Å². The van der Waals surface area contributed by atoms with Crippen LogP contribution in [0.25, 0.3) is 0 Å². The number of hydrogen-bond acceptors (Lipinski definition) is 3. The maximum Gasteiger partial charge on any atom is 0.153 e. The summed E-state index contributed by atoms with van der Waals surface area (Å²) in [6.45, 7) is 10.2. The van der Waals surface area contributed by atoms with E-state index in [0.717, 1.165) is 6.42 Å². The third-order valence-corrected chi connectivity index (χ3v) is 4.80. The van der Waals surface area contributed by atoms with E-state index in [2.05, 4.69) is 26.1 Å². The predicted octanol–water partition coefficient (Wildman–Crippen LogP) is 1.59. The summed E-state index contributed by atoms with van der Waals surface area (Å²) in [4.78, 5) is 0. The molecule has 0 saturated heterocycles. The second-order valence-electron chi connectivity index (χ2n) is 4.58. The maximum atomic E-state index is 11.5. The highest BCUT2D eigenvalue weighted by molar-refractivity contribution is 7.92. The molecule has 0 atom stereocenters. The normalized spacial score (nSPS) is 13.6. The zero-order valence-electron chi connectivity index (χ0n) is 9.92. The topological polar surface area (TPSA) is 46.2 Å². The second kappa shape index (κ2) is 5.12. The first-order chi connectivity index (χ1) is 6.21. The van der Waals surface area contributed by atoms with Crippen LogP contribution in [-0.2, 0) is 9.84 Å². The summed E-state index contributed by atoms with van der Waals surface area (Å²) in [5.74, 6) is 0.230. The van der Waals surface area contributed by atoms with Crippen molar-refractivity contribution >= 4 is 9.84 Å². The molecule has 0 heterocycles. The Balaban J connectivity index is 3.98. The Bertz CT molecular complexity index is 255. The minimum atomic E-state index is -2.89. The minimum absolute atomic E-state index is 0.0342. The highest BCUT2D eigenvalue weighted by Gasteiger charge is 2.18. The minimum Gasteiger partial charge on any atom is -0.311 e. The van der Waals surface area contributed by atoms with Gasteiger partial charge in [0.15, 0.2) is 9.84 Å². The molecule has 0 fully saturated rings. The van der Waals surface area contributed by atoms with Crippen LogP contribution >= 0.6 is 0 Å². The van der Waals surface area contributed by atoms with Crippen LogP contribution in [0.3, 0.4) is 0 Å². The summed E-state index contributed by atoms with van der Waals surface area (Å²) in [5, 5.41) is 2.97. The van der Waals surface area contributed by atoms with Crippen LogP contribution in [0.1, 0.15) is 41.0 Å². The van der Waals surface area contributed by atoms with E-state index in [9.17, 15) is 8.42 Å². The van der Waals surface area contributed by atoms with Crippen molar-refractivity contribution in [2.75, 3.05) is 12.3 Å². The Labute approximate surface area is 88.2 Å². The molecule has 0 bridgehead atoms. The summed E-state index contributed by atoms with van der Waals surface area (Å²) in [6.07, 6.45) is 0.995. The molecule has 0 aliphatic heterocycles. The van der Waals surface area contributed by atoms with Gasteiger partial charge in [0.2, 0.25) is 0 Å². The smallest absolute Gasteiger partial charge is 0.153 e. The van der Waals surface area contributed by atoms with E-state index in [1.165, 1.54) is 0 Å². The van der Waals surface area contributed by atoms with Crippen LogP contribution in [0.2, 0.25) is 0 Å². The van der Waals surface area contributed by atoms with E-state index in [1.807, 2.05) is 0 Å². The average Bonchev–Trinajstić information content (AvgIpc) is 2.03. The fourth-order valence-corrected chi connectivity index (χ4v) is 1.75. The first kappa shape index (κ1) is 13.9. The van der Waals surface area contributed by atoms with Crippen molar-refractivity contribution in [3.8, 4) is 0 Å². The molecule has 0 aliphatic carbocycles. The summed E-state index contributed by atoms with van der Waals surface area (Å²) < 4.78 is 22.9. The van der Waals surface area contributed by atoms with Crippen LogP contribution in [0.15, 0.2) is 0 Å². The van der Waals surface area contributed by atoms with Crippen molar-refractivity contribution in [3.63, 3.8) is 0 Å². The standard InChI is InChI=1S/C10H23NO2S/c1-6-10(4,5)11-7-8-14(12,13)9(2)3/h9,11H,6-8H2,1-5H3. The molecule has 0 unspecified atom stereocenters. The van der Waals surface area contributed by atoms with Gasteiger partial charge >= 0.3 is 0 Å². The van der Waals surface area contributed by atoms with Crippen LogP contribution < -0.4 is 5.32 Å². The highest BCUT2D eigenvalue weighted by atomic mass is 32.2. The molecule has 4 heteroatoms. The molecule has 1 N–H and O–H groups in total. The summed E-state index contributed by atoms with van der Waals surface area (Å²) >= 11 is 0. The van der Waals surface area contributed by atoms with Gasteiger partial charge in [-0.15, -0.1) is 0 Å². The Morgan fingerprint density at radius 1 is 1.29 bits per heavy atom. The molecule has 0 rings (SSSR count). The molecular weight excluding hydrogens is 198 g/mol. The van der Waals surface area contributed by atoms with Gasteiger partial charge in [0.25, 0.3) is 0 Å². The largest absolute Gasteiger partial charge is 0.311 e. The van der Waals surface area contributed by atoms with Gasteiger partial charge in [-0.3, -0.25) is 0 Å². The van der Waals surface area contributed by atoms with E-state index >= 15 is 0 Å². The van der Waals surface area contributed by atoms with Crippen LogP contribution in [0.5, 0.6) is 0 Å². The van der Waals surface area contributed by atoms with Gasteiger partial charge in [0.1, 0.15) is 0 Å². The Morgan fingerprint density at radius 3 is 2.14 bits per heavy atom. The monoisotopic (exact) mass is 221 g/mol. The average molecular weight is 221 g/mol. The number of nitrogens with one attached hydrogen (secondary N) is 1. The lowest BCUT2D eigenvalue weighted by molar-refractivity contribution is 0.387. The lowest BCUT2D eigenvalue weighted by Crippen LogP contribution is -2.41. The molecule has 0 radical (unpaired) electrons. The number of sulfone groups is 1. The van der Waals surface area contributed by atoms with Crippen molar-refractivity contribution in [1.29, 1.82) is 0 Å². The lowest BCUT2D eigenvalue weighted by atomic mass is 10.0. The third kappa shape index (κ3) is 4.96. The molecule has 0 amide bonds. The fourth-order valence-electron chi connectivity index (χ4n) is 0.892. The van der Waals surface area contributed by atoms with Gasteiger partial charge in [0.05, 0.1) is 11.0 Å². The summed E-state index contributed by atoms with van der Waals surface area (Å²) in [7, 11) is -2.89. The van der Waals surface area contributed by atoms with Gasteiger partial charge in [-0.1, -0.05) is 6.92 Å². The summed E-state index contributed by atoms with van der Waals surface area (Å²) in [5.41, 5.74) is 0.0342. The van der Waals surface area contributed by atoms with E-state index in [-0.39, 0.29) is 16.5 Å². The Kier molecular flexibility index (Phi) is 5.09. The maximum absolute atomic E-state index is 11.5. The molecule has 86 valence electrons. The molecular formula is C10H23NO2S. The molecule has 0 spiro atoms. The molecule has 0 aromatic heterocycles. The predicted molar refractivity (Wildman–Crippen MR) is 61.3 cm³/mol. The highest BCUT2D eigenvalue weighted by Crippen LogP contribution is 2.07. The van der Waals surface area contributed by atoms with Crippen LogP contribution in [-0.4, -0.2) is 31.5 Å². The van der Waals surface area contributed by atoms with Gasteiger partial charge in [-0.2, -0.15) is 0 Å². The van der Waals surface area contributed by atoms with Gasteiger partial charge in [0, 0.05) is 12.1 Å². The van der Waals surface area contributed by atoms with Crippen LogP contribution in [0, 0.1) is 0 Å². The molecule has 14 heavy (non-hydrogen) atoms. The second-order valence-corrected chi connectivity index (χ2v) is 7.26. The molecule has 0 aromatic rings. The van der Waals surface area contributed by atoms with Gasteiger partial charge < -0.3 is 5.32 Å². The van der Waals surface area contributed by atoms with Crippen molar-refractivity contribution in [1.82, 2.24) is 5.32 Å². The SMILES string of the molecule is CCC(C)(C)NCCS(=O)(=O)C(C)C. The van der Waals surface area contributed by atoms with Crippen molar-refractivity contribution in [3.05, 3.63) is 0 Å². The van der Waals surface area contributed by atoms with Gasteiger partial charge in [-0.05, 0) is 34.1 Å². The lowest BCUT2D eigenvalue weighted by Gasteiger charge is -2.24. The molecule has 0 aliphatic rings. The Morgan fingerprint density at radius 2 is 1.79 bits per heavy atom. The van der Waals surface area contributed by atoms with E-state index in [1.54, 1.807) is 13.8 Å². The van der Waals surface area contributed by atoms with Gasteiger partial charge in [-0.25, -0.2) is 8.42 Å². The molecule has 0 aromatic carbocycles. The van der Waals surface area contributed by atoms with Crippen LogP contribution in [0.4, 0.5) is 0 Å². The third-order valence-electron chi connectivity index (χ3n) is 2.59. The fraction of sp³-hybridized carbons (Fsp3) is 1.00. The van der Waals surface area contributed by atoms with Crippen molar-refractivity contribution in [2.24, 2.45) is 0 Å². The quantitative estimate of drug-likeness (QED) is 0.741. The van der Waals surface area contributed by atoms with E-state index in [0.29, 0.717) is 6.54 Å². The first-order valence-electron chi connectivity index (χ1n) is 5.18.